The molecule has 1 heterocycles. The van der Waals surface area contributed by atoms with Crippen molar-refractivity contribution in [1.29, 1.82) is 0 Å². The quantitative estimate of drug-likeness (QED) is 0.676. The van der Waals surface area contributed by atoms with Crippen molar-refractivity contribution >= 4 is 27.5 Å². The zero-order chi connectivity index (χ0) is 20.9. The number of sulfonamides is 1. The van der Waals surface area contributed by atoms with Gasteiger partial charge in [0.25, 0.3) is 0 Å². The van der Waals surface area contributed by atoms with Crippen LogP contribution in [0.15, 0.2) is 53.4 Å². The van der Waals surface area contributed by atoms with Gasteiger partial charge in [0.2, 0.25) is 21.8 Å². The number of nitrogens with zero attached hydrogens (tertiary/aromatic N) is 1. The molecule has 9 heteroatoms. The molecule has 3 rings (SSSR count). The van der Waals surface area contributed by atoms with E-state index in [9.17, 15) is 18.0 Å². The van der Waals surface area contributed by atoms with Gasteiger partial charge >= 0.3 is 0 Å². The second-order valence-electron chi connectivity index (χ2n) is 6.60. The summed E-state index contributed by atoms with van der Waals surface area (Å²) >= 11 is 0. The van der Waals surface area contributed by atoms with Crippen molar-refractivity contribution in [2.45, 2.75) is 24.3 Å². The van der Waals surface area contributed by atoms with E-state index in [0.717, 1.165) is 12.0 Å². The standard InChI is InChI=1S/C20H23N3O5S/c1-28-17-5-2-4-15(12-17)13-21-19(24)14-22-29(26,27)18-9-7-16(8-10-18)23-11-3-6-20(23)25/h2,4-5,7-10,12,22H,3,6,11,13-14H2,1H3,(H,21,24). The first-order chi connectivity index (χ1) is 13.9. The second kappa shape index (κ2) is 9.06. The molecule has 2 aromatic rings. The van der Waals surface area contributed by atoms with E-state index in [-0.39, 0.29) is 23.9 Å². The molecule has 2 amide bonds. The van der Waals surface area contributed by atoms with Crippen molar-refractivity contribution in [3.05, 3.63) is 54.1 Å². The first-order valence-electron chi connectivity index (χ1n) is 9.19. The van der Waals surface area contributed by atoms with E-state index in [1.807, 2.05) is 12.1 Å². The lowest BCUT2D eigenvalue weighted by Crippen LogP contribution is -2.36. The minimum absolute atomic E-state index is 0.0337. The predicted octanol–water partition coefficient (Wildman–Crippen LogP) is 1.42. The Kier molecular flexibility index (Phi) is 6.50. The Morgan fingerprint density at radius 3 is 2.59 bits per heavy atom. The number of carbonyl (C=O) groups is 2. The van der Waals surface area contributed by atoms with Gasteiger partial charge in [-0.2, -0.15) is 0 Å². The minimum atomic E-state index is -3.84. The summed E-state index contributed by atoms with van der Waals surface area (Å²) in [4.78, 5) is 25.4. The monoisotopic (exact) mass is 417 g/mol. The minimum Gasteiger partial charge on any atom is -0.497 e. The summed E-state index contributed by atoms with van der Waals surface area (Å²) in [5.74, 6) is 0.263. The van der Waals surface area contributed by atoms with Crippen LogP contribution < -0.4 is 19.7 Å². The number of hydrogen-bond donors (Lipinski definition) is 2. The van der Waals surface area contributed by atoms with Gasteiger partial charge in [-0.05, 0) is 48.4 Å². The molecule has 0 unspecified atom stereocenters. The summed E-state index contributed by atoms with van der Waals surface area (Å²) in [6.45, 7) is 0.519. The summed E-state index contributed by atoms with van der Waals surface area (Å²) in [7, 11) is -2.28. The predicted molar refractivity (Wildman–Crippen MR) is 108 cm³/mol. The number of anilines is 1. The van der Waals surface area contributed by atoms with Crippen LogP contribution in [0.1, 0.15) is 18.4 Å². The molecule has 1 aliphatic rings. The van der Waals surface area contributed by atoms with Crippen LogP contribution in [0.3, 0.4) is 0 Å². The number of benzene rings is 2. The van der Waals surface area contributed by atoms with E-state index in [0.29, 0.717) is 24.4 Å². The Bertz CT molecular complexity index is 989. The molecule has 2 aromatic carbocycles. The molecule has 0 bridgehead atoms. The number of nitrogens with one attached hydrogen (secondary N) is 2. The van der Waals surface area contributed by atoms with Crippen molar-refractivity contribution in [3.63, 3.8) is 0 Å². The van der Waals surface area contributed by atoms with E-state index in [4.69, 9.17) is 4.74 Å². The summed E-state index contributed by atoms with van der Waals surface area (Å²) < 4.78 is 32.2. The van der Waals surface area contributed by atoms with Crippen molar-refractivity contribution in [2.24, 2.45) is 0 Å². The van der Waals surface area contributed by atoms with Gasteiger partial charge in [0.05, 0.1) is 18.6 Å². The number of rotatable bonds is 8. The smallest absolute Gasteiger partial charge is 0.241 e. The number of ether oxygens (including phenoxy) is 1. The lowest BCUT2D eigenvalue weighted by Gasteiger charge is -2.16. The lowest BCUT2D eigenvalue weighted by atomic mass is 10.2. The molecular weight excluding hydrogens is 394 g/mol. The van der Waals surface area contributed by atoms with Crippen LogP contribution in [0.2, 0.25) is 0 Å². The van der Waals surface area contributed by atoms with Gasteiger partial charge in [0.15, 0.2) is 0 Å². The van der Waals surface area contributed by atoms with Crippen LogP contribution >= 0.6 is 0 Å². The Labute approximate surface area is 169 Å². The van der Waals surface area contributed by atoms with Crippen LogP contribution in [0.25, 0.3) is 0 Å². The average molecular weight is 417 g/mol. The molecular formula is C20H23N3O5S. The number of carbonyl (C=O) groups excluding carboxylic acids is 2. The third-order valence-electron chi connectivity index (χ3n) is 4.58. The highest BCUT2D eigenvalue weighted by Crippen LogP contribution is 2.22. The van der Waals surface area contributed by atoms with Gasteiger partial charge in [-0.3, -0.25) is 9.59 Å². The molecule has 1 saturated heterocycles. The van der Waals surface area contributed by atoms with E-state index < -0.39 is 15.9 Å². The van der Waals surface area contributed by atoms with Crippen molar-refractivity contribution < 1.29 is 22.7 Å². The largest absolute Gasteiger partial charge is 0.497 e. The average Bonchev–Trinajstić information content (AvgIpc) is 3.17. The van der Waals surface area contributed by atoms with Gasteiger partial charge in [-0.1, -0.05) is 12.1 Å². The molecule has 1 aliphatic heterocycles. The van der Waals surface area contributed by atoms with Crippen LogP contribution in [0.5, 0.6) is 5.75 Å². The normalized spacial score (nSPS) is 14.1. The fourth-order valence-electron chi connectivity index (χ4n) is 3.02. The third-order valence-corrected chi connectivity index (χ3v) is 6.00. The number of methoxy groups -OCH3 is 1. The second-order valence-corrected chi connectivity index (χ2v) is 8.36. The first-order valence-corrected chi connectivity index (χ1v) is 10.7. The Morgan fingerprint density at radius 1 is 1.17 bits per heavy atom. The maximum Gasteiger partial charge on any atom is 0.241 e. The summed E-state index contributed by atoms with van der Waals surface area (Å²) in [6.07, 6.45) is 1.30. The van der Waals surface area contributed by atoms with Gasteiger partial charge in [-0.25, -0.2) is 13.1 Å². The maximum atomic E-state index is 12.4. The fourth-order valence-corrected chi connectivity index (χ4v) is 4.00. The van der Waals surface area contributed by atoms with Crippen molar-refractivity contribution in [2.75, 3.05) is 25.1 Å². The molecule has 154 valence electrons. The van der Waals surface area contributed by atoms with E-state index >= 15 is 0 Å². The van der Waals surface area contributed by atoms with E-state index in [1.165, 1.54) is 12.1 Å². The van der Waals surface area contributed by atoms with Gasteiger partial charge in [0, 0.05) is 25.2 Å². The summed E-state index contributed by atoms with van der Waals surface area (Å²) in [5, 5.41) is 2.66. The summed E-state index contributed by atoms with van der Waals surface area (Å²) in [6, 6.07) is 13.3. The molecule has 8 nitrogen and oxygen atoms in total. The lowest BCUT2D eigenvalue weighted by molar-refractivity contribution is -0.120. The SMILES string of the molecule is COc1cccc(CNC(=O)CNS(=O)(=O)c2ccc(N3CCCC3=O)cc2)c1. The van der Waals surface area contributed by atoms with E-state index in [2.05, 4.69) is 10.0 Å². The molecule has 0 aromatic heterocycles. The van der Waals surface area contributed by atoms with Crippen LogP contribution in [0, 0.1) is 0 Å². The molecule has 0 saturated carbocycles. The topological polar surface area (TPSA) is 105 Å². The highest BCUT2D eigenvalue weighted by molar-refractivity contribution is 7.89. The molecule has 2 N–H and O–H groups in total. The zero-order valence-electron chi connectivity index (χ0n) is 16.1. The summed E-state index contributed by atoms with van der Waals surface area (Å²) in [5.41, 5.74) is 1.51. The number of amides is 2. The molecule has 29 heavy (non-hydrogen) atoms. The van der Waals surface area contributed by atoms with Gasteiger partial charge in [-0.15, -0.1) is 0 Å². The number of hydrogen-bond acceptors (Lipinski definition) is 5. The van der Waals surface area contributed by atoms with E-state index in [1.54, 1.807) is 36.3 Å². The van der Waals surface area contributed by atoms with Gasteiger partial charge in [0.1, 0.15) is 5.75 Å². The molecule has 1 fully saturated rings. The Hall–Kier alpha value is -2.91. The van der Waals surface area contributed by atoms with Crippen molar-refractivity contribution in [3.8, 4) is 5.75 Å². The molecule has 0 radical (unpaired) electrons. The Morgan fingerprint density at radius 2 is 1.93 bits per heavy atom. The molecule has 0 atom stereocenters. The molecule has 0 spiro atoms. The third kappa shape index (κ3) is 5.33. The molecule has 0 aliphatic carbocycles. The fraction of sp³-hybridized carbons (Fsp3) is 0.300. The maximum absolute atomic E-state index is 12.4. The highest BCUT2D eigenvalue weighted by Gasteiger charge is 2.22. The highest BCUT2D eigenvalue weighted by atomic mass is 32.2. The van der Waals surface area contributed by atoms with Crippen molar-refractivity contribution in [1.82, 2.24) is 10.0 Å². The first kappa shape index (κ1) is 20.8. The van der Waals surface area contributed by atoms with Gasteiger partial charge < -0.3 is 15.0 Å². The Balaban J connectivity index is 1.53. The van der Waals surface area contributed by atoms with Crippen LogP contribution in [-0.2, 0) is 26.2 Å². The van der Waals surface area contributed by atoms with Crippen LogP contribution in [0.4, 0.5) is 5.69 Å². The van der Waals surface area contributed by atoms with Crippen LogP contribution in [-0.4, -0.2) is 40.4 Å². The zero-order valence-corrected chi connectivity index (χ0v) is 16.9.